The summed E-state index contributed by atoms with van der Waals surface area (Å²) < 4.78 is 6.58. The maximum atomic E-state index is 12.9. The van der Waals surface area contributed by atoms with Gasteiger partial charge in [0.2, 0.25) is 11.7 Å². The van der Waals surface area contributed by atoms with Crippen molar-refractivity contribution in [1.82, 2.24) is 4.57 Å². The van der Waals surface area contributed by atoms with E-state index in [1.807, 2.05) is 32.0 Å². The number of benzene rings is 2. The molecular formula is C24H21ClN2O4. The first kappa shape index (κ1) is 22.1. The number of pyridine rings is 1. The molecule has 0 bridgehead atoms. The van der Waals surface area contributed by atoms with Crippen LogP contribution in [0.5, 0.6) is 11.6 Å². The third-order valence-corrected chi connectivity index (χ3v) is 5.58. The molecule has 7 heteroatoms. The van der Waals surface area contributed by atoms with Gasteiger partial charge in [-0.3, -0.25) is 14.2 Å². The van der Waals surface area contributed by atoms with Crippen molar-refractivity contribution in [2.75, 3.05) is 6.61 Å². The highest BCUT2D eigenvalue weighted by molar-refractivity contribution is 6.31. The zero-order chi connectivity index (χ0) is 22.7. The monoisotopic (exact) mass is 436 g/mol. The van der Waals surface area contributed by atoms with Gasteiger partial charge < -0.3 is 9.84 Å². The molecule has 0 aliphatic heterocycles. The zero-order valence-electron chi connectivity index (χ0n) is 17.4. The van der Waals surface area contributed by atoms with Gasteiger partial charge in [0.25, 0.3) is 5.56 Å². The first-order valence-electron chi connectivity index (χ1n) is 9.57. The summed E-state index contributed by atoms with van der Waals surface area (Å²) in [5, 5.41) is 20.7. The van der Waals surface area contributed by atoms with E-state index in [2.05, 4.69) is 0 Å². The molecule has 3 aromatic rings. The van der Waals surface area contributed by atoms with Gasteiger partial charge in [0, 0.05) is 5.02 Å². The zero-order valence-corrected chi connectivity index (χ0v) is 18.2. The summed E-state index contributed by atoms with van der Waals surface area (Å²) in [5.74, 6) is -0.550. The van der Waals surface area contributed by atoms with Crippen LogP contribution < -0.4 is 10.3 Å². The standard InChI is InChI=1S/C24H21ClN2O4/c1-14-8-9-18(10-15(14)2)31-13-21(28)22-16(3)19(11-26)23(29)27(24(22)30)12-17-6-4-5-7-20(17)25/h4-10,30H,12-13H2,1-3H3. The number of ketones is 1. The van der Waals surface area contributed by atoms with Crippen molar-refractivity contribution in [3.05, 3.63) is 91.2 Å². The van der Waals surface area contributed by atoms with Crippen molar-refractivity contribution >= 4 is 17.4 Å². The van der Waals surface area contributed by atoms with Crippen LogP contribution in [-0.2, 0) is 6.54 Å². The van der Waals surface area contributed by atoms with Crippen LogP contribution in [0.3, 0.4) is 0 Å². The number of halogens is 1. The SMILES string of the molecule is Cc1ccc(OCC(=O)c2c(C)c(C#N)c(=O)n(Cc3ccccc3Cl)c2O)cc1C. The number of hydrogen-bond acceptors (Lipinski definition) is 5. The fourth-order valence-corrected chi connectivity index (χ4v) is 3.45. The summed E-state index contributed by atoms with van der Waals surface area (Å²) in [5.41, 5.74) is 1.78. The lowest BCUT2D eigenvalue weighted by molar-refractivity contribution is 0.0916. The van der Waals surface area contributed by atoms with Gasteiger partial charge in [0.15, 0.2) is 6.61 Å². The summed E-state index contributed by atoms with van der Waals surface area (Å²) in [6, 6.07) is 14.1. The van der Waals surface area contributed by atoms with E-state index >= 15 is 0 Å². The lowest BCUT2D eigenvalue weighted by atomic mass is 10.0. The van der Waals surface area contributed by atoms with E-state index in [0.29, 0.717) is 16.3 Å². The van der Waals surface area contributed by atoms with Gasteiger partial charge in [0.05, 0.1) is 12.1 Å². The van der Waals surface area contributed by atoms with Crippen molar-refractivity contribution in [2.45, 2.75) is 27.3 Å². The Morgan fingerprint density at radius 1 is 1.16 bits per heavy atom. The fraction of sp³-hybridized carbons (Fsp3) is 0.208. The largest absolute Gasteiger partial charge is 0.494 e. The van der Waals surface area contributed by atoms with Crippen LogP contribution in [0.4, 0.5) is 0 Å². The lowest BCUT2D eigenvalue weighted by Crippen LogP contribution is -2.28. The normalized spacial score (nSPS) is 10.5. The van der Waals surface area contributed by atoms with Crippen LogP contribution in [0, 0.1) is 32.1 Å². The van der Waals surface area contributed by atoms with Crippen LogP contribution in [0.2, 0.25) is 5.02 Å². The molecule has 0 spiro atoms. The predicted octanol–water partition coefficient (Wildman–Crippen LogP) is 4.31. The van der Waals surface area contributed by atoms with Crippen molar-refractivity contribution in [3.63, 3.8) is 0 Å². The number of nitrogens with zero attached hydrogens (tertiary/aromatic N) is 2. The van der Waals surface area contributed by atoms with Crippen molar-refractivity contribution in [2.24, 2.45) is 0 Å². The van der Waals surface area contributed by atoms with E-state index in [9.17, 15) is 20.0 Å². The van der Waals surface area contributed by atoms with E-state index in [0.717, 1.165) is 15.7 Å². The third-order valence-electron chi connectivity index (χ3n) is 5.21. The first-order chi connectivity index (χ1) is 14.7. The minimum atomic E-state index is -0.691. The van der Waals surface area contributed by atoms with Crippen molar-refractivity contribution in [3.8, 4) is 17.7 Å². The smallest absolute Gasteiger partial charge is 0.271 e. The molecule has 2 aromatic carbocycles. The fourth-order valence-electron chi connectivity index (χ4n) is 3.25. The number of carbonyl (C=O) groups excluding carboxylic acids is 1. The molecule has 0 saturated carbocycles. The Labute approximate surface area is 184 Å². The Morgan fingerprint density at radius 2 is 1.87 bits per heavy atom. The number of aromatic nitrogens is 1. The number of aryl methyl sites for hydroxylation is 2. The molecule has 0 aliphatic carbocycles. The molecule has 0 saturated heterocycles. The van der Waals surface area contributed by atoms with Gasteiger partial charge in [-0.2, -0.15) is 5.26 Å². The second-order valence-electron chi connectivity index (χ2n) is 7.25. The number of rotatable bonds is 6. The second-order valence-corrected chi connectivity index (χ2v) is 7.66. The molecule has 0 radical (unpaired) electrons. The number of nitriles is 1. The highest BCUT2D eigenvalue weighted by Gasteiger charge is 2.24. The maximum absolute atomic E-state index is 12.9. The molecule has 0 atom stereocenters. The molecule has 31 heavy (non-hydrogen) atoms. The molecule has 3 rings (SSSR count). The minimum Gasteiger partial charge on any atom is -0.494 e. The molecular weight excluding hydrogens is 416 g/mol. The van der Waals surface area contributed by atoms with Gasteiger partial charge in [-0.1, -0.05) is 35.9 Å². The van der Waals surface area contributed by atoms with E-state index in [1.165, 1.54) is 6.92 Å². The van der Waals surface area contributed by atoms with E-state index < -0.39 is 17.2 Å². The van der Waals surface area contributed by atoms with Gasteiger partial charge in [-0.25, -0.2) is 0 Å². The van der Waals surface area contributed by atoms with Crippen LogP contribution in [0.1, 0.15) is 38.2 Å². The van der Waals surface area contributed by atoms with Gasteiger partial charge >= 0.3 is 0 Å². The highest BCUT2D eigenvalue weighted by atomic mass is 35.5. The molecule has 1 aromatic heterocycles. The second kappa shape index (κ2) is 9.07. The number of hydrogen-bond donors (Lipinski definition) is 1. The van der Waals surface area contributed by atoms with Gasteiger partial charge in [0.1, 0.15) is 17.4 Å². The molecule has 0 unspecified atom stereocenters. The van der Waals surface area contributed by atoms with Crippen LogP contribution in [0.25, 0.3) is 0 Å². The lowest BCUT2D eigenvalue weighted by Gasteiger charge is -2.16. The van der Waals surface area contributed by atoms with Gasteiger partial charge in [-0.15, -0.1) is 0 Å². The van der Waals surface area contributed by atoms with E-state index in [-0.39, 0.29) is 29.8 Å². The maximum Gasteiger partial charge on any atom is 0.271 e. The first-order valence-corrected chi connectivity index (χ1v) is 9.95. The van der Waals surface area contributed by atoms with Crippen LogP contribution in [-0.4, -0.2) is 22.1 Å². The third kappa shape index (κ3) is 4.47. The summed E-state index contributed by atoms with van der Waals surface area (Å²) in [7, 11) is 0. The average molecular weight is 437 g/mol. The molecule has 1 N–H and O–H groups in total. The van der Waals surface area contributed by atoms with Crippen molar-refractivity contribution in [1.29, 1.82) is 5.26 Å². The number of aromatic hydroxyl groups is 1. The Kier molecular flexibility index (Phi) is 6.47. The van der Waals surface area contributed by atoms with E-state index in [4.69, 9.17) is 16.3 Å². The Balaban J connectivity index is 2.00. The van der Waals surface area contributed by atoms with Crippen molar-refractivity contribution < 1.29 is 14.6 Å². The Bertz CT molecular complexity index is 1270. The van der Waals surface area contributed by atoms with Crippen LogP contribution >= 0.6 is 11.6 Å². The van der Waals surface area contributed by atoms with Gasteiger partial charge in [-0.05, 0) is 61.2 Å². The Morgan fingerprint density at radius 3 is 2.52 bits per heavy atom. The predicted molar refractivity (Wildman–Crippen MR) is 118 cm³/mol. The molecule has 158 valence electrons. The summed E-state index contributed by atoms with van der Waals surface area (Å²) in [6.45, 7) is 4.92. The molecule has 1 heterocycles. The summed E-state index contributed by atoms with van der Waals surface area (Å²) in [6.07, 6.45) is 0. The average Bonchev–Trinajstić information content (AvgIpc) is 2.73. The number of carbonyl (C=O) groups is 1. The summed E-state index contributed by atoms with van der Waals surface area (Å²) in [4.78, 5) is 25.7. The Hall–Kier alpha value is -3.56. The topological polar surface area (TPSA) is 92.3 Å². The molecule has 0 aliphatic rings. The number of ether oxygens (including phenoxy) is 1. The molecule has 6 nitrogen and oxygen atoms in total. The number of Topliss-reactive ketones (excluding diaryl/α,β-unsaturated/α-hetero) is 1. The highest BCUT2D eigenvalue weighted by Crippen LogP contribution is 2.25. The molecule has 0 fully saturated rings. The van der Waals surface area contributed by atoms with Crippen LogP contribution in [0.15, 0.2) is 47.3 Å². The van der Waals surface area contributed by atoms with E-state index in [1.54, 1.807) is 30.3 Å². The quantitative estimate of drug-likeness (QED) is 0.581. The molecule has 0 amide bonds. The minimum absolute atomic E-state index is 0.0857. The summed E-state index contributed by atoms with van der Waals surface area (Å²) >= 11 is 6.18.